The second-order valence-corrected chi connectivity index (χ2v) is 9.98. The number of carbonyl (C=O) groups is 1. The Hall–Kier alpha value is -3.94. The van der Waals surface area contributed by atoms with E-state index in [0.29, 0.717) is 46.7 Å². The molecule has 2 aromatic carbocycles. The van der Waals surface area contributed by atoms with Crippen LogP contribution in [0.1, 0.15) is 22.4 Å². The quantitative estimate of drug-likeness (QED) is 0.434. The molecule has 2 aliphatic heterocycles. The third-order valence-electron chi connectivity index (χ3n) is 6.56. The number of pyridine rings is 1. The minimum Gasteiger partial charge on any atom is -0.493 e. The van der Waals surface area contributed by atoms with Crippen LogP contribution >= 0.6 is 11.8 Å². The molecule has 196 valence electrons. The Labute approximate surface area is 225 Å². The van der Waals surface area contributed by atoms with E-state index in [-0.39, 0.29) is 18.5 Å². The maximum atomic E-state index is 12.7. The molecule has 0 spiro atoms. The Morgan fingerprint density at radius 1 is 1.16 bits per heavy atom. The Balaban J connectivity index is 1.39. The largest absolute Gasteiger partial charge is 0.493 e. The molecule has 5 rings (SSSR count). The average molecular weight is 533 g/mol. The van der Waals surface area contributed by atoms with Crippen molar-refractivity contribution in [3.05, 3.63) is 58.8 Å². The SMILES string of the molecule is COc1ccc(-c2c(C#N)c(SCC(=O)NCc3ccc4c(c3)OCO4)nc3c2CN(C)CC3)cc1OC. The summed E-state index contributed by atoms with van der Waals surface area (Å²) in [5.74, 6) is 2.56. The molecule has 3 aromatic rings. The molecule has 3 heterocycles. The lowest BCUT2D eigenvalue weighted by molar-refractivity contribution is -0.118. The van der Waals surface area contributed by atoms with E-state index < -0.39 is 0 Å². The number of ether oxygens (including phenoxy) is 4. The standard InChI is InChI=1S/C28H28N4O5S/c1-32-9-8-21-20(14-32)27(18-5-7-22(34-2)24(11-18)35-3)19(12-29)28(31-21)38-15-26(33)30-13-17-4-6-23-25(10-17)37-16-36-23/h4-7,10-11H,8-9,13-16H2,1-3H3,(H,30,33). The molecule has 0 aliphatic carbocycles. The van der Waals surface area contributed by atoms with Crippen LogP contribution in [-0.4, -0.2) is 56.1 Å². The van der Waals surface area contributed by atoms with E-state index in [1.807, 2.05) is 36.4 Å². The Kier molecular flexibility index (Phi) is 7.58. The molecule has 9 nitrogen and oxygen atoms in total. The normalized spacial score (nSPS) is 13.9. The van der Waals surface area contributed by atoms with E-state index in [2.05, 4.69) is 23.3 Å². The van der Waals surface area contributed by atoms with Crippen LogP contribution in [-0.2, 0) is 24.3 Å². The number of fused-ring (bicyclic) bond motifs is 2. The van der Waals surface area contributed by atoms with E-state index in [0.717, 1.165) is 40.9 Å². The van der Waals surface area contributed by atoms with Gasteiger partial charge in [-0.25, -0.2) is 4.98 Å². The van der Waals surface area contributed by atoms with Crippen LogP contribution in [0.15, 0.2) is 41.4 Å². The number of rotatable bonds is 8. The molecule has 1 aromatic heterocycles. The lowest BCUT2D eigenvalue weighted by Gasteiger charge is -2.28. The van der Waals surface area contributed by atoms with Crippen LogP contribution in [0.5, 0.6) is 23.0 Å². The number of amides is 1. The monoisotopic (exact) mass is 532 g/mol. The molecule has 0 saturated heterocycles. The number of likely N-dealkylation sites (N-methyl/N-ethyl adjacent to an activating group) is 1. The zero-order valence-corrected chi connectivity index (χ0v) is 22.3. The molecule has 2 aliphatic rings. The molecule has 0 fully saturated rings. The van der Waals surface area contributed by atoms with Crippen LogP contribution in [0, 0.1) is 11.3 Å². The maximum absolute atomic E-state index is 12.7. The minimum atomic E-state index is -0.150. The summed E-state index contributed by atoms with van der Waals surface area (Å²) in [7, 11) is 5.24. The predicted molar refractivity (Wildman–Crippen MR) is 143 cm³/mol. The van der Waals surface area contributed by atoms with Crippen molar-refractivity contribution in [3.63, 3.8) is 0 Å². The molecule has 1 amide bonds. The number of benzene rings is 2. The molecular weight excluding hydrogens is 504 g/mol. The molecule has 1 N–H and O–H groups in total. The summed E-state index contributed by atoms with van der Waals surface area (Å²) in [4.78, 5) is 19.8. The minimum absolute atomic E-state index is 0.135. The third kappa shape index (κ3) is 5.21. The van der Waals surface area contributed by atoms with Gasteiger partial charge in [-0.3, -0.25) is 4.79 Å². The summed E-state index contributed by atoms with van der Waals surface area (Å²) in [6.07, 6.45) is 0.766. The zero-order chi connectivity index (χ0) is 26.6. The molecule has 0 radical (unpaired) electrons. The van der Waals surface area contributed by atoms with E-state index in [1.54, 1.807) is 14.2 Å². The van der Waals surface area contributed by atoms with Gasteiger partial charge in [-0.15, -0.1) is 0 Å². The van der Waals surface area contributed by atoms with Crippen LogP contribution in [0.4, 0.5) is 0 Å². The van der Waals surface area contributed by atoms with Gasteiger partial charge in [0, 0.05) is 37.3 Å². The first-order valence-electron chi connectivity index (χ1n) is 12.2. The number of aromatic nitrogens is 1. The number of nitrogens with one attached hydrogen (secondary N) is 1. The first kappa shape index (κ1) is 25.7. The van der Waals surface area contributed by atoms with E-state index in [4.69, 9.17) is 23.9 Å². The van der Waals surface area contributed by atoms with Crippen LogP contribution in [0.2, 0.25) is 0 Å². The summed E-state index contributed by atoms with van der Waals surface area (Å²) in [5.41, 5.74) is 5.03. The van der Waals surface area contributed by atoms with Crippen molar-refractivity contribution in [3.8, 4) is 40.2 Å². The summed E-state index contributed by atoms with van der Waals surface area (Å²) in [6.45, 7) is 2.12. The number of methoxy groups -OCH3 is 2. The number of carbonyl (C=O) groups excluding carboxylic acids is 1. The van der Waals surface area contributed by atoms with E-state index >= 15 is 0 Å². The van der Waals surface area contributed by atoms with Gasteiger partial charge in [0.15, 0.2) is 23.0 Å². The lowest BCUT2D eigenvalue weighted by atomic mass is 9.91. The topological polar surface area (TPSA) is 106 Å². The number of nitrogens with zero attached hydrogens (tertiary/aromatic N) is 3. The van der Waals surface area contributed by atoms with E-state index in [1.165, 1.54) is 11.8 Å². The van der Waals surface area contributed by atoms with Gasteiger partial charge in [-0.2, -0.15) is 5.26 Å². The average Bonchev–Trinajstić information content (AvgIpc) is 3.41. The highest BCUT2D eigenvalue weighted by Gasteiger charge is 2.26. The molecular formula is C28H28N4O5S. The lowest BCUT2D eigenvalue weighted by Crippen LogP contribution is -2.28. The van der Waals surface area contributed by atoms with Gasteiger partial charge < -0.3 is 29.2 Å². The number of thioether (sulfide) groups is 1. The van der Waals surface area contributed by atoms with Crippen molar-refractivity contribution in [2.75, 3.05) is 40.4 Å². The molecule has 38 heavy (non-hydrogen) atoms. The van der Waals surface area contributed by atoms with Gasteiger partial charge in [-0.1, -0.05) is 23.9 Å². The van der Waals surface area contributed by atoms with Gasteiger partial charge in [-0.05, 0) is 48.0 Å². The summed E-state index contributed by atoms with van der Waals surface area (Å²) < 4.78 is 21.7. The van der Waals surface area contributed by atoms with Crippen molar-refractivity contribution in [2.24, 2.45) is 0 Å². The van der Waals surface area contributed by atoms with Crippen molar-refractivity contribution < 1.29 is 23.7 Å². The highest BCUT2D eigenvalue weighted by atomic mass is 32.2. The van der Waals surface area contributed by atoms with Crippen LogP contribution in [0.3, 0.4) is 0 Å². The van der Waals surface area contributed by atoms with Crippen molar-refractivity contribution >= 4 is 17.7 Å². The fourth-order valence-electron chi connectivity index (χ4n) is 4.63. The second kappa shape index (κ2) is 11.2. The number of hydrogen-bond acceptors (Lipinski definition) is 9. The fourth-order valence-corrected chi connectivity index (χ4v) is 5.46. The van der Waals surface area contributed by atoms with Gasteiger partial charge in [0.1, 0.15) is 11.1 Å². The van der Waals surface area contributed by atoms with Crippen molar-refractivity contribution in [1.29, 1.82) is 5.26 Å². The van der Waals surface area contributed by atoms with Gasteiger partial charge in [0.2, 0.25) is 12.7 Å². The molecule has 0 saturated carbocycles. The Morgan fingerprint density at radius 3 is 2.76 bits per heavy atom. The van der Waals surface area contributed by atoms with Crippen molar-refractivity contribution in [2.45, 2.75) is 24.5 Å². The predicted octanol–water partition coefficient (Wildman–Crippen LogP) is 3.76. The summed E-state index contributed by atoms with van der Waals surface area (Å²) >= 11 is 1.28. The number of hydrogen-bond donors (Lipinski definition) is 1. The van der Waals surface area contributed by atoms with E-state index in [9.17, 15) is 10.1 Å². The Bertz CT molecular complexity index is 1420. The first-order chi connectivity index (χ1) is 18.5. The Morgan fingerprint density at radius 2 is 1.97 bits per heavy atom. The fraction of sp³-hybridized carbons (Fsp3) is 0.321. The molecule has 0 atom stereocenters. The maximum Gasteiger partial charge on any atom is 0.231 e. The summed E-state index contributed by atoms with van der Waals surface area (Å²) in [6, 6.07) is 13.6. The molecule has 10 heteroatoms. The van der Waals surface area contributed by atoms with Gasteiger partial charge in [0.25, 0.3) is 0 Å². The zero-order valence-electron chi connectivity index (χ0n) is 21.5. The molecule has 0 bridgehead atoms. The smallest absolute Gasteiger partial charge is 0.231 e. The third-order valence-corrected chi connectivity index (χ3v) is 7.53. The summed E-state index contributed by atoms with van der Waals surface area (Å²) in [5, 5.41) is 13.7. The highest BCUT2D eigenvalue weighted by Crippen LogP contribution is 2.40. The number of nitriles is 1. The van der Waals surface area contributed by atoms with Gasteiger partial charge in [0.05, 0.1) is 25.5 Å². The van der Waals surface area contributed by atoms with Gasteiger partial charge >= 0.3 is 0 Å². The van der Waals surface area contributed by atoms with Crippen LogP contribution < -0.4 is 24.3 Å². The van der Waals surface area contributed by atoms with Crippen LogP contribution in [0.25, 0.3) is 11.1 Å². The first-order valence-corrected chi connectivity index (χ1v) is 13.1. The molecule has 0 unspecified atom stereocenters. The highest BCUT2D eigenvalue weighted by molar-refractivity contribution is 8.00. The van der Waals surface area contributed by atoms with Crippen molar-refractivity contribution in [1.82, 2.24) is 15.2 Å². The second-order valence-electron chi connectivity index (χ2n) is 9.01.